The van der Waals surface area contributed by atoms with Gasteiger partial charge in [0.1, 0.15) is 0 Å². The number of rotatable bonds is 5. The van der Waals surface area contributed by atoms with Crippen LogP contribution in [0.3, 0.4) is 0 Å². The molecule has 1 aliphatic rings. The summed E-state index contributed by atoms with van der Waals surface area (Å²) in [5.41, 5.74) is 3.22. The highest BCUT2D eigenvalue weighted by Crippen LogP contribution is 2.46. The van der Waals surface area contributed by atoms with Crippen LogP contribution in [0.5, 0.6) is 0 Å². The lowest BCUT2D eigenvalue weighted by Gasteiger charge is -1.96. The quantitative estimate of drug-likeness (QED) is 0.589. The summed E-state index contributed by atoms with van der Waals surface area (Å²) in [4.78, 5) is 0. The Balaban J connectivity index is 1.70. The van der Waals surface area contributed by atoms with Gasteiger partial charge in [0.05, 0.1) is 0 Å². The summed E-state index contributed by atoms with van der Waals surface area (Å²) >= 11 is 0. The lowest BCUT2D eigenvalue weighted by atomic mass is 10.1. The van der Waals surface area contributed by atoms with Gasteiger partial charge < -0.3 is 0 Å². The fourth-order valence-corrected chi connectivity index (χ4v) is 2.14. The van der Waals surface area contributed by atoms with E-state index in [0.29, 0.717) is 0 Å². The van der Waals surface area contributed by atoms with Crippen LogP contribution in [-0.2, 0) is 0 Å². The van der Waals surface area contributed by atoms with E-state index in [1.165, 1.54) is 32.1 Å². The van der Waals surface area contributed by atoms with Crippen molar-refractivity contribution < 1.29 is 0 Å². The van der Waals surface area contributed by atoms with Gasteiger partial charge in [0.25, 0.3) is 0 Å². The number of hydrogen-bond acceptors (Lipinski definition) is 0. The lowest BCUT2D eigenvalue weighted by Crippen LogP contribution is -1.78. The first-order valence-electron chi connectivity index (χ1n) is 5.52. The average Bonchev–Trinajstić information content (AvgIpc) is 2.87. The maximum Gasteiger partial charge on any atom is 0.00952 e. The molecule has 13 heavy (non-hydrogen) atoms. The van der Waals surface area contributed by atoms with Crippen molar-refractivity contribution in [2.24, 2.45) is 0 Å². The Morgan fingerprint density at radius 2 is 1.69 bits per heavy atom. The molecule has 0 fully saturated rings. The van der Waals surface area contributed by atoms with Gasteiger partial charge in [0.15, 0.2) is 0 Å². The summed E-state index contributed by atoms with van der Waals surface area (Å²) in [6, 6.07) is 8.87. The molecule has 0 aromatic heterocycles. The van der Waals surface area contributed by atoms with Crippen molar-refractivity contribution in [2.45, 2.75) is 44.9 Å². The Labute approximate surface area is 81.0 Å². The van der Waals surface area contributed by atoms with E-state index in [4.69, 9.17) is 0 Å². The minimum absolute atomic E-state index is 0.840. The van der Waals surface area contributed by atoms with Crippen LogP contribution in [0.15, 0.2) is 24.3 Å². The molecule has 0 nitrogen and oxygen atoms in total. The third-order valence-electron chi connectivity index (χ3n) is 3.01. The summed E-state index contributed by atoms with van der Waals surface area (Å²) in [5, 5.41) is 0. The molecule has 0 heteroatoms. The molecule has 0 saturated carbocycles. The van der Waals surface area contributed by atoms with E-state index in [1.54, 1.807) is 11.1 Å². The highest BCUT2D eigenvalue weighted by Gasteiger charge is 2.30. The molecule has 0 spiro atoms. The average molecular weight is 174 g/mol. The largest absolute Gasteiger partial charge is 0.0654 e. The molecule has 0 amide bonds. The van der Waals surface area contributed by atoms with Crippen LogP contribution < -0.4 is 0 Å². The number of hydrogen-bond donors (Lipinski definition) is 0. The summed E-state index contributed by atoms with van der Waals surface area (Å²) in [6.07, 6.45) is 6.97. The van der Waals surface area contributed by atoms with Crippen LogP contribution in [0.2, 0.25) is 0 Å². The molecule has 0 radical (unpaired) electrons. The Hall–Kier alpha value is -0.780. The van der Waals surface area contributed by atoms with Gasteiger partial charge in [-0.15, -0.1) is 0 Å². The minimum atomic E-state index is 0.840. The van der Waals surface area contributed by atoms with Gasteiger partial charge in [-0.2, -0.15) is 0 Å². The van der Waals surface area contributed by atoms with Gasteiger partial charge >= 0.3 is 0 Å². The van der Waals surface area contributed by atoms with Crippen molar-refractivity contribution in [3.05, 3.63) is 35.4 Å². The Morgan fingerprint density at radius 1 is 1.00 bits per heavy atom. The van der Waals surface area contributed by atoms with Gasteiger partial charge in [0, 0.05) is 5.92 Å². The van der Waals surface area contributed by atoms with Gasteiger partial charge in [-0.25, -0.2) is 0 Å². The Kier molecular flexibility index (Phi) is 2.68. The van der Waals surface area contributed by atoms with Gasteiger partial charge in [0.2, 0.25) is 0 Å². The smallest absolute Gasteiger partial charge is 0.00952 e. The third kappa shape index (κ3) is 1.93. The first kappa shape index (κ1) is 8.80. The van der Waals surface area contributed by atoms with E-state index >= 15 is 0 Å². The van der Waals surface area contributed by atoms with Crippen molar-refractivity contribution in [1.29, 1.82) is 0 Å². The maximum absolute atomic E-state index is 2.28. The summed E-state index contributed by atoms with van der Waals surface area (Å²) in [7, 11) is 0. The second-order valence-electron chi connectivity index (χ2n) is 4.03. The van der Waals surface area contributed by atoms with E-state index in [0.717, 1.165) is 5.92 Å². The molecule has 1 aromatic rings. The monoisotopic (exact) mass is 174 g/mol. The van der Waals surface area contributed by atoms with Crippen LogP contribution in [-0.4, -0.2) is 0 Å². The SMILES string of the molecule is CCCCCCC1c2ccccc21. The second kappa shape index (κ2) is 3.95. The van der Waals surface area contributed by atoms with Gasteiger partial charge in [-0.1, -0.05) is 56.9 Å². The highest BCUT2D eigenvalue weighted by atomic mass is 14.3. The van der Waals surface area contributed by atoms with Crippen LogP contribution in [0.1, 0.15) is 56.1 Å². The van der Waals surface area contributed by atoms with Crippen molar-refractivity contribution in [2.75, 3.05) is 0 Å². The normalized spacial score (nSPS) is 14.2. The molecule has 0 N–H and O–H groups in total. The topological polar surface area (TPSA) is 0 Å². The minimum Gasteiger partial charge on any atom is -0.0654 e. The summed E-state index contributed by atoms with van der Waals surface area (Å²) in [6.45, 7) is 2.27. The van der Waals surface area contributed by atoms with Crippen molar-refractivity contribution in [3.63, 3.8) is 0 Å². The molecule has 1 aromatic carbocycles. The predicted octanol–water partition coefficient (Wildman–Crippen LogP) is 4.10. The molecule has 0 heterocycles. The summed E-state index contributed by atoms with van der Waals surface area (Å²) < 4.78 is 0. The van der Waals surface area contributed by atoms with Crippen LogP contribution in [0.25, 0.3) is 0 Å². The molecular formula is C13H18. The van der Waals surface area contributed by atoms with E-state index in [9.17, 15) is 0 Å². The molecule has 70 valence electrons. The van der Waals surface area contributed by atoms with Crippen molar-refractivity contribution in [3.8, 4) is 0 Å². The van der Waals surface area contributed by atoms with Gasteiger partial charge in [-0.3, -0.25) is 0 Å². The standard InChI is InChI=1S/C13H18/c1-2-3-4-5-8-11-12-9-6-7-10-13(11)12/h6-7,9-11H,2-5,8H2,1H3. The molecule has 0 bridgehead atoms. The molecule has 0 unspecified atom stereocenters. The fourth-order valence-electron chi connectivity index (χ4n) is 2.14. The van der Waals surface area contributed by atoms with E-state index in [-0.39, 0.29) is 0 Å². The van der Waals surface area contributed by atoms with Gasteiger partial charge in [-0.05, 0) is 17.5 Å². The molecule has 1 aliphatic carbocycles. The first-order chi connectivity index (χ1) is 6.43. The molecule has 0 aliphatic heterocycles. The van der Waals surface area contributed by atoms with Crippen LogP contribution in [0, 0.1) is 0 Å². The maximum atomic E-state index is 2.28. The van der Waals surface area contributed by atoms with Crippen LogP contribution in [0.4, 0.5) is 0 Å². The summed E-state index contributed by atoms with van der Waals surface area (Å²) in [5.74, 6) is 0.840. The number of unbranched alkanes of at least 4 members (excludes halogenated alkanes) is 3. The fraction of sp³-hybridized carbons (Fsp3) is 0.538. The van der Waals surface area contributed by atoms with Crippen molar-refractivity contribution in [1.82, 2.24) is 0 Å². The zero-order valence-electron chi connectivity index (χ0n) is 8.42. The zero-order valence-corrected chi connectivity index (χ0v) is 8.42. The van der Waals surface area contributed by atoms with Crippen molar-refractivity contribution >= 4 is 0 Å². The molecular weight excluding hydrogens is 156 g/mol. The Bertz CT molecular complexity index is 252. The van der Waals surface area contributed by atoms with Crippen LogP contribution >= 0.6 is 0 Å². The van der Waals surface area contributed by atoms with E-state index in [2.05, 4.69) is 31.2 Å². The number of fused-ring (bicyclic) bond motifs is 1. The molecule has 0 saturated heterocycles. The first-order valence-corrected chi connectivity index (χ1v) is 5.52. The number of benzene rings is 1. The predicted molar refractivity (Wildman–Crippen MR) is 57.0 cm³/mol. The molecule has 0 atom stereocenters. The zero-order chi connectivity index (χ0) is 9.10. The molecule has 2 rings (SSSR count). The Morgan fingerprint density at radius 3 is 2.31 bits per heavy atom. The van der Waals surface area contributed by atoms with E-state index < -0.39 is 0 Å². The van der Waals surface area contributed by atoms with E-state index in [1.807, 2.05) is 0 Å². The lowest BCUT2D eigenvalue weighted by molar-refractivity contribution is 0.627. The third-order valence-corrected chi connectivity index (χ3v) is 3.01. The second-order valence-corrected chi connectivity index (χ2v) is 4.03. The highest BCUT2D eigenvalue weighted by molar-refractivity contribution is 5.51.